The van der Waals surface area contributed by atoms with Gasteiger partial charge in [0.25, 0.3) is 5.91 Å². The summed E-state index contributed by atoms with van der Waals surface area (Å²) in [4.78, 5) is 12.0. The van der Waals surface area contributed by atoms with Crippen LogP contribution in [0.2, 0.25) is 0 Å². The lowest BCUT2D eigenvalue weighted by molar-refractivity contribution is -0.137. The third-order valence-electron chi connectivity index (χ3n) is 4.74. The Kier molecular flexibility index (Phi) is 8.65. The molecule has 0 heterocycles. The van der Waals surface area contributed by atoms with Gasteiger partial charge in [-0.2, -0.15) is 13.2 Å². The van der Waals surface area contributed by atoms with E-state index in [2.05, 4.69) is 10.6 Å². The lowest BCUT2D eigenvalue weighted by Gasteiger charge is -2.15. The summed E-state index contributed by atoms with van der Waals surface area (Å²) in [7, 11) is 0. The first kappa shape index (κ1) is 24.4. The number of nitrogens with one attached hydrogen (secondary N) is 2. The summed E-state index contributed by atoms with van der Waals surface area (Å²) >= 11 is 0. The highest BCUT2D eigenvalue weighted by Crippen LogP contribution is 2.29. The minimum Gasteiger partial charge on any atom is -0.397 e. The molecule has 9 heteroatoms. The molecule has 0 unspecified atom stereocenters. The number of carbonyl (C=O) groups excluding carboxylic acids is 1. The maximum absolute atomic E-state index is 14.0. The molecule has 170 valence electrons. The molecule has 4 nitrogen and oxygen atoms in total. The van der Waals surface area contributed by atoms with Crippen molar-refractivity contribution in [3.8, 4) is 0 Å². The number of carbonyl (C=O) groups is 1. The Hall–Kier alpha value is -2.84. The average Bonchev–Trinajstić information content (AvgIpc) is 2.73. The topological polar surface area (TPSA) is 67.2 Å². The standard InChI is InChI=1S/C22H26F5N3O/c1-2-3-4-5-17(23)20(24)21(31)30-19-11-10-16(12-18(19)28)29-13-14-6-8-15(9-7-14)22(25,26)27/h6-12,17,20,29H,2-5,13,28H2,1H3,(H,30,31)/t17-,20-/m1/s1. The summed E-state index contributed by atoms with van der Waals surface area (Å²) in [5.74, 6) is -1.10. The van der Waals surface area contributed by atoms with Crippen molar-refractivity contribution in [2.24, 2.45) is 0 Å². The van der Waals surface area contributed by atoms with Gasteiger partial charge in [-0.05, 0) is 42.3 Å². The molecule has 0 aliphatic rings. The molecule has 0 spiro atoms. The van der Waals surface area contributed by atoms with Crippen LogP contribution >= 0.6 is 0 Å². The van der Waals surface area contributed by atoms with E-state index in [4.69, 9.17) is 5.73 Å². The molecule has 0 radical (unpaired) electrons. The van der Waals surface area contributed by atoms with Crippen molar-refractivity contribution < 1.29 is 26.7 Å². The molecular formula is C22H26F5N3O. The number of nitrogen functional groups attached to an aromatic ring is 1. The van der Waals surface area contributed by atoms with Crippen LogP contribution in [0.1, 0.15) is 43.7 Å². The van der Waals surface area contributed by atoms with Gasteiger partial charge >= 0.3 is 6.18 Å². The summed E-state index contributed by atoms with van der Waals surface area (Å²) in [6.07, 6.45) is -6.44. The average molecular weight is 443 g/mol. The molecule has 0 saturated carbocycles. The van der Waals surface area contributed by atoms with Crippen molar-refractivity contribution in [3.05, 3.63) is 53.6 Å². The number of benzene rings is 2. The van der Waals surface area contributed by atoms with E-state index in [0.29, 0.717) is 17.7 Å². The molecule has 4 N–H and O–H groups in total. The van der Waals surface area contributed by atoms with Crippen LogP contribution in [0.5, 0.6) is 0 Å². The molecule has 2 aromatic carbocycles. The van der Waals surface area contributed by atoms with Crippen LogP contribution in [0.15, 0.2) is 42.5 Å². The molecule has 2 rings (SSSR count). The van der Waals surface area contributed by atoms with Gasteiger partial charge in [0.05, 0.1) is 16.9 Å². The molecule has 0 aromatic heterocycles. The number of nitrogens with two attached hydrogens (primary N) is 1. The summed E-state index contributed by atoms with van der Waals surface area (Å²) < 4.78 is 65.7. The fourth-order valence-corrected chi connectivity index (χ4v) is 2.90. The number of anilines is 3. The number of hydrogen-bond acceptors (Lipinski definition) is 3. The van der Waals surface area contributed by atoms with Crippen LogP contribution < -0.4 is 16.4 Å². The third-order valence-corrected chi connectivity index (χ3v) is 4.74. The second-order valence-corrected chi connectivity index (χ2v) is 7.25. The highest BCUT2D eigenvalue weighted by molar-refractivity contribution is 5.97. The van der Waals surface area contributed by atoms with E-state index in [1.54, 1.807) is 6.07 Å². The Morgan fingerprint density at radius 1 is 1.06 bits per heavy atom. The Balaban J connectivity index is 1.91. The zero-order chi connectivity index (χ0) is 23.0. The van der Waals surface area contributed by atoms with E-state index in [9.17, 15) is 26.7 Å². The number of amides is 1. The van der Waals surface area contributed by atoms with Gasteiger partial charge in [0, 0.05) is 12.2 Å². The predicted octanol–water partition coefficient (Wildman–Crippen LogP) is 6.09. The second kappa shape index (κ2) is 11.0. The molecule has 0 saturated heterocycles. The molecule has 0 bridgehead atoms. The van der Waals surface area contributed by atoms with E-state index >= 15 is 0 Å². The Morgan fingerprint density at radius 2 is 1.74 bits per heavy atom. The second-order valence-electron chi connectivity index (χ2n) is 7.25. The minimum absolute atomic E-state index is 0.0231. The van der Waals surface area contributed by atoms with Gasteiger partial charge in [-0.15, -0.1) is 0 Å². The van der Waals surface area contributed by atoms with E-state index < -0.39 is 30.0 Å². The summed E-state index contributed by atoms with van der Waals surface area (Å²) in [6, 6.07) is 9.22. The number of unbranched alkanes of at least 4 members (excludes halogenated alkanes) is 2. The zero-order valence-electron chi connectivity index (χ0n) is 17.1. The quantitative estimate of drug-likeness (QED) is 0.236. The number of alkyl halides is 5. The lowest BCUT2D eigenvalue weighted by atomic mass is 10.1. The fourth-order valence-electron chi connectivity index (χ4n) is 2.90. The highest BCUT2D eigenvalue weighted by Gasteiger charge is 2.30. The molecule has 1 amide bonds. The van der Waals surface area contributed by atoms with Crippen molar-refractivity contribution >= 4 is 23.0 Å². The van der Waals surface area contributed by atoms with E-state index in [0.717, 1.165) is 25.0 Å². The van der Waals surface area contributed by atoms with Crippen LogP contribution in [-0.4, -0.2) is 18.3 Å². The molecule has 0 aliphatic carbocycles. The van der Waals surface area contributed by atoms with E-state index in [-0.39, 0.29) is 24.3 Å². The smallest absolute Gasteiger partial charge is 0.397 e. The molecule has 2 atom stereocenters. The van der Waals surface area contributed by atoms with Crippen LogP contribution in [0.3, 0.4) is 0 Å². The molecular weight excluding hydrogens is 417 g/mol. The van der Waals surface area contributed by atoms with Crippen molar-refractivity contribution in [1.82, 2.24) is 0 Å². The SMILES string of the molecule is CCCCC[C@@H](F)[C@@H](F)C(=O)Nc1ccc(NCc2ccc(C(F)(F)F)cc2)cc1N. The van der Waals surface area contributed by atoms with Crippen molar-refractivity contribution in [2.45, 2.75) is 57.7 Å². The first-order chi connectivity index (χ1) is 14.6. The molecule has 0 aliphatic heterocycles. The molecule has 0 fully saturated rings. The van der Waals surface area contributed by atoms with Gasteiger partial charge in [0.1, 0.15) is 6.17 Å². The van der Waals surface area contributed by atoms with E-state index in [1.165, 1.54) is 24.3 Å². The summed E-state index contributed by atoms with van der Waals surface area (Å²) in [5.41, 5.74) is 6.62. The highest BCUT2D eigenvalue weighted by atomic mass is 19.4. The lowest BCUT2D eigenvalue weighted by Crippen LogP contribution is -2.32. The minimum atomic E-state index is -4.39. The predicted molar refractivity (Wildman–Crippen MR) is 112 cm³/mol. The van der Waals surface area contributed by atoms with Crippen molar-refractivity contribution in [2.75, 3.05) is 16.4 Å². The van der Waals surface area contributed by atoms with Gasteiger partial charge in [-0.3, -0.25) is 4.79 Å². The molecule has 2 aromatic rings. The number of hydrogen-bond donors (Lipinski definition) is 3. The van der Waals surface area contributed by atoms with Crippen LogP contribution in [0, 0.1) is 0 Å². The monoisotopic (exact) mass is 443 g/mol. The van der Waals surface area contributed by atoms with Crippen molar-refractivity contribution in [1.29, 1.82) is 0 Å². The maximum atomic E-state index is 14.0. The van der Waals surface area contributed by atoms with Gasteiger partial charge < -0.3 is 16.4 Å². The number of halogens is 5. The Labute approximate surface area is 178 Å². The zero-order valence-corrected chi connectivity index (χ0v) is 17.1. The maximum Gasteiger partial charge on any atom is 0.416 e. The first-order valence-corrected chi connectivity index (χ1v) is 10.0. The summed E-state index contributed by atoms with van der Waals surface area (Å²) in [5, 5.41) is 5.29. The fraction of sp³-hybridized carbons (Fsp3) is 0.409. The van der Waals surface area contributed by atoms with Crippen LogP contribution in [0.4, 0.5) is 39.0 Å². The largest absolute Gasteiger partial charge is 0.416 e. The normalized spacial score (nSPS) is 13.5. The number of rotatable bonds is 10. The van der Waals surface area contributed by atoms with Gasteiger partial charge in [0.15, 0.2) is 0 Å². The Morgan fingerprint density at radius 3 is 2.32 bits per heavy atom. The van der Waals surface area contributed by atoms with Crippen LogP contribution in [-0.2, 0) is 17.5 Å². The third kappa shape index (κ3) is 7.41. The van der Waals surface area contributed by atoms with Gasteiger partial charge in [-0.25, -0.2) is 8.78 Å². The van der Waals surface area contributed by atoms with Crippen LogP contribution in [0.25, 0.3) is 0 Å². The summed E-state index contributed by atoms with van der Waals surface area (Å²) in [6.45, 7) is 2.19. The first-order valence-electron chi connectivity index (χ1n) is 10.0. The van der Waals surface area contributed by atoms with E-state index in [1.807, 2.05) is 6.92 Å². The van der Waals surface area contributed by atoms with Crippen molar-refractivity contribution in [3.63, 3.8) is 0 Å². The van der Waals surface area contributed by atoms with Gasteiger partial charge in [0.2, 0.25) is 6.17 Å². The molecule has 31 heavy (non-hydrogen) atoms. The Bertz CT molecular complexity index is 855. The van der Waals surface area contributed by atoms with Gasteiger partial charge in [-0.1, -0.05) is 38.3 Å².